The van der Waals surface area contributed by atoms with Gasteiger partial charge in [0.15, 0.2) is 0 Å². The summed E-state index contributed by atoms with van der Waals surface area (Å²) in [4.78, 5) is 27.9. The number of ether oxygens (including phenoxy) is 1. The van der Waals surface area contributed by atoms with Crippen molar-refractivity contribution < 1.29 is 24.5 Å². The number of amides is 1. The number of aromatic carboxylic acids is 1. The Labute approximate surface area is 179 Å². The Morgan fingerprint density at radius 3 is 2.41 bits per heavy atom. The minimum atomic E-state index is -1.28. The summed E-state index contributed by atoms with van der Waals surface area (Å²) < 4.78 is 5.53. The van der Waals surface area contributed by atoms with Crippen LogP contribution in [0.2, 0.25) is 15.1 Å². The van der Waals surface area contributed by atoms with Crippen LogP contribution in [0.1, 0.15) is 20.7 Å². The maximum atomic E-state index is 12.4. The molecule has 3 rings (SSSR count). The molecule has 0 unspecified atom stereocenters. The number of rotatable bonds is 5. The van der Waals surface area contributed by atoms with Gasteiger partial charge in [0, 0.05) is 23.0 Å². The molecule has 7 nitrogen and oxygen atoms in total. The lowest BCUT2D eigenvalue weighted by Gasteiger charge is -2.12. The summed E-state index contributed by atoms with van der Waals surface area (Å²) in [5.41, 5.74) is -0.222. The number of halogens is 3. The molecule has 0 bridgehead atoms. The number of carboxylic acid groups (broad SMARTS) is 1. The minimum Gasteiger partial charge on any atom is -0.506 e. The fraction of sp³-hybridized carbons (Fsp3) is 0. The molecule has 0 spiro atoms. The lowest BCUT2D eigenvalue weighted by Crippen LogP contribution is -2.13. The largest absolute Gasteiger partial charge is 0.506 e. The molecule has 3 aromatic rings. The Morgan fingerprint density at radius 2 is 1.72 bits per heavy atom. The van der Waals surface area contributed by atoms with Crippen LogP contribution >= 0.6 is 34.8 Å². The second-order valence-corrected chi connectivity index (χ2v) is 6.97. The number of hydrogen-bond donors (Lipinski definition) is 3. The lowest BCUT2D eigenvalue weighted by atomic mass is 10.1. The standard InChI is InChI=1S/C19H11Cl3N2O5/c20-9-4-14(17(25)15(22)5-9)18(26)24-11-1-2-16(13(6-11)19(27)28)29-12-3-10(21)7-23-8-12/h1-8,25H,(H,24,26)(H,27,28). The van der Waals surface area contributed by atoms with E-state index in [1.165, 1.54) is 48.8 Å². The molecule has 0 atom stereocenters. The highest BCUT2D eigenvalue weighted by atomic mass is 35.5. The molecule has 0 aliphatic heterocycles. The molecule has 0 aliphatic carbocycles. The second kappa shape index (κ2) is 8.57. The van der Waals surface area contributed by atoms with E-state index in [2.05, 4.69) is 10.3 Å². The third kappa shape index (κ3) is 4.89. The van der Waals surface area contributed by atoms with Gasteiger partial charge in [-0.3, -0.25) is 9.78 Å². The van der Waals surface area contributed by atoms with E-state index in [-0.39, 0.29) is 38.4 Å². The van der Waals surface area contributed by atoms with Gasteiger partial charge in [0.1, 0.15) is 22.8 Å². The van der Waals surface area contributed by atoms with Crippen LogP contribution in [0.4, 0.5) is 5.69 Å². The SMILES string of the molecule is O=C(O)c1cc(NC(=O)c2cc(Cl)cc(Cl)c2O)ccc1Oc1cncc(Cl)c1. The van der Waals surface area contributed by atoms with Crippen LogP contribution in [0, 0.1) is 0 Å². The number of hydrogen-bond acceptors (Lipinski definition) is 5. The zero-order chi connectivity index (χ0) is 21.1. The molecule has 10 heteroatoms. The van der Waals surface area contributed by atoms with Gasteiger partial charge in [-0.2, -0.15) is 0 Å². The number of carbonyl (C=O) groups is 2. The van der Waals surface area contributed by atoms with Crippen LogP contribution in [-0.4, -0.2) is 27.1 Å². The van der Waals surface area contributed by atoms with Crippen LogP contribution in [0.5, 0.6) is 17.2 Å². The summed E-state index contributed by atoms with van der Waals surface area (Å²) in [6.07, 6.45) is 2.78. The topological polar surface area (TPSA) is 109 Å². The van der Waals surface area contributed by atoms with Crippen molar-refractivity contribution in [2.45, 2.75) is 0 Å². The van der Waals surface area contributed by atoms with Crippen molar-refractivity contribution in [1.82, 2.24) is 4.98 Å². The molecule has 1 aromatic heterocycles. The first-order chi connectivity index (χ1) is 13.7. The van der Waals surface area contributed by atoms with Crippen molar-refractivity contribution in [1.29, 1.82) is 0 Å². The van der Waals surface area contributed by atoms with Gasteiger partial charge in [0.2, 0.25) is 0 Å². The number of nitrogens with zero attached hydrogens (tertiary/aromatic N) is 1. The Hall–Kier alpha value is -3.00. The van der Waals surface area contributed by atoms with Gasteiger partial charge in [0.25, 0.3) is 5.91 Å². The van der Waals surface area contributed by atoms with Crippen molar-refractivity contribution >= 4 is 52.4 Å². The summed E-state index contributed by atoms with van der Waals surface area (Å²) in [5, 5.41) is 22.3. The number of anilines is 1. The fourth-order valence-electron chi connectivity index (χ4n) is 2.38. The average molecular weight is 454 g/mol. The van der Waals surface area contributed by atoms with E-state index in [9.17, 15) is 19.8 Å². The van der Waals surface area contributed by atoms with E-state index < -0.39 is 17.6 Å². The second-order valence-electron chi connectivity index (χ2n) is 5.69. The molecular weight excluding hydrogens is 443 g/mol. The molecule has 1 heterocycles. The first-order valence-corrected chi connectivity index (χ1v) is 9.03. The van der Waals surface area contributed by atoms with Crippen LogP contribution < -0.4 is 10.1 Å². The van der Waals surface area contributed by atoms with Gasteiger partial charge in [0.05, 0.1) is 21.8 Å². The summed E-state index contributed by atoms with van der Waals surface area (Å²) >= 11 is 17.5. The minimum absolute atomic E-state index is 0.0215. The molecule has 0 saturated carbocycles. The van der Waals surface area contributed by atoms with E-state index >= 15 is 0 Å². The zero-order valence-electron chi connectivity index (χ0n) is 14.3. The molecular formula is C19H11Cl3N2O5. The van der Waals surface area contributed by atoms with Gasteiger partial charge in [-0.15, -0.1) is 0 Å². The monoisotopic (exact) mass is 452 g/mol. The lowest BCUT2D eigenvalue weighted by molar-refractivity contribution is 0.0693. The average Bonchev–Trinajstić information content (AvgIpc) is 2.65. The van der Waals surface area contributed by atoms with Crippen LogP contribution in [0.15, 0.2) is 48.8 Å². The highest BCUT2D eigenvalue weighted by Gasteiger charge is 2.18. The van der Waals surface area contributed by atoms with Gasteiger partial charge >= 0.3 is 5.97 Å². The summed E-state index contributed by atoms with van der Waals surface area (Å²) in [7, 11) is 0. The number of carboxylic acids is 1. The van der Waals surface area contributed by atoms with Crippen molar-refractivity contribution in [3.05, 3.63) is 75.0 Å². The van der Waals surface area contributed by atoms with E-state index in [0.717, 1.165) is 0 Å². The number of nitrogens with one attached hydrogen (secondary N) is 1. The van der Waals surface area contributed by atoms with E-state index in [1.54, 1.807) is 0 Å². The number of carbonyl (C=O) groups excluding carboxylic acids is 1. The first-order valence-electron chi connectivity index (χ1n) is 7.89. The number of benzene rings is 2. The molecule has 1 amide bonds. The normalized spacial score (nSPS) is 10.4. The molecule has 0 fully saturated rings. The van der Waals surface area contributed by atoms with Gasteiger partial charge < -0.3 is 20.3 Å². The molecule has 3 N–H and O–H groups in total. The van der Waals surface area contributed by atoms with E-state index in [4.69, 9.17) is 39.5 Å². The summed E-state index contributed by atoms with van der Waals surface area (Å²) in [5.74, 6) is -2.18. The molecule has 0 aliphatic rings. The summed E-state index contributed by atoms with van der Waals surface area (Å²) in [6.45, 7) is 0. The van der Waals surface area contributed by atoms with E-state index in [0.29, 0.717) is 5.02 Å². The van der Waals surface area contributed by atoms with Gasteiger partial charge in [-0.05, 0) is 30.3 Å². The van der Waals surface area contributed by atoms with Crippen LogP contribution in [0.3, 0.4) is 0 Å². The van der Waals surface area contributed by atoms with Crippen molar-refractivity contribution in [3.8, 4) is 17.2 Å². The maximum absolute atomic E-state index is 12.4. The molecule has 0 saturated heterocycles. The van der Waals surface area contributed by atoms with Crippen molar-refractivity contribution in [2.75, 3.05) is 5.32 Å². The Bertz CT molecular complexity index is 1120. The van der Waals surface area contributed by atoms with E-state index in [1.807, 2.05) is 0 Å². The highest BCUT2D eigenvalue weighted by Crippen LogP contribution is 2.33. The fourth-order valence-corrected chi connectivity index (χ4v) is 3.03. The maximum Gasteiger partial charge on any atom is 0.339 e. The van der Waals surface area contributed by atoms with Crippen LogP contribution in [-0.2, 0) is 0 Å². The number of aromatic hydroxyl groups is 1. The smallest absolute Gasteiger partial charge is 0.339 e. The first kappa shape index (κ1) is 20.7. The Balaban J connectivity index is 1.89. The predicted molar refractivity (Wildman–Crippen MR) is 109 cm³/mol. The molecule has 148 valence electrons. The molecule has 29 heavy (non-hydrogen) atoms. The number of phenols is 1. The molecule has 0 radical (unpaired) electrons. The quantitative estimate of drug-likeness (QED) is 0.471. The van der Waals surface area contributed by atoms with Crippen molar-refractivity contribution in [2.24, 2.45) is 0 Å². The van der Waals surface area contributed by atoms with Crippen LogP contribution in [0.25, 0.3) is 0 Å². The number of phenolic OH excluding ortho intramolecular Hbond substituents is 1. The predicted octanol–water partition coefficient (Wildman–Crippen LogP) is 5.49. The summed E-state index contributed by atoms with van der Waals surface area (Å²) in [6, 6.07) is 8.00. The van der Waals surface area contributed by atoms with Crippen molar-refractivity contribution in [3.63, 3.8) is 0 Å². The number of pyridine rings is 1. The number of aromatic nitrogens is 1. The third-order valence-electron chi connectivity index (χ3n) is 3.65. The Kier molecular flexibility index (Phi) is 6.12. The highest BCUT2D eigenvalue weighted by molar-refractivity contribution is 6.36. The zero-order valence-corrected chi connectivity index (χ0v) is 16.6. The van der Waals surface area contributed by atoms with Gasteiger partial charge in [-0.1, -0.05) is 34.8 Å². The van der Waals surface area contributed by atoms with Gasteiger partial charge in [-0.25, -0.2) is 4.79 Å². The third-order valence-corrected chi connectivity index (χ3v) is 4.36. The molecule has 2 aromatic carbocycles. The Morgan fingerprint density at radius 1 is 0.966 bits per heavy atom.